The van der Waals surface area contributed by atoms with E-state index in [4.69, 9.17) is 28.4 Å². The fraction of sp³-hybridized carbons (Fsp3) is 0.886. The Morgan fingerprint density at radius 2 is 1.08 bits per heavy atom. The lowest BCUT2D eigenvalue weighted by Crippen LogP contribution is -2.66. The van der Waals surface area contributed by atoms with Gasteiger partial charge in [-0.2, -0.15) is 0 Å². The summed E-state index contributed by atoms with van der Waals surface area (Å²) in [5.74, 6) is -0.269. The van der Waals surface area contributed by atoms with Crippen molar-refractivity contribution in [2.45, 2.75) is 221 Å². The normalized spacial score (nSPS) is 35.0. The van der Waals surface area contributed by atoms with Crippen molar-refractivity contribution in [2.24, 2.45) is 0 Å². The van der Waals surface area contributed by atoms with Crippen molar-refractivity contribution < 1.29 is 89.4 Å². The lowest BCUT2D eigenvalue weighted by molar-refractivity contribution is -0.379. The second-order valence-corrected chi connectivity index (χ2v) is 16.9. The Kier molecular flexibility index (Phi) is 26.9. The van der Waals surface area contributed by atoms with Crippen LogP contribution in [0.25, 0.3) is 0 Å². The molecule has 19 nitrogen and oxygen atoms in total. The lowest BCUT2D eigenvalue weighted by Gasteiger charge is -2.48. The maximum Gasteiger partial charge on any atom is 0.220 e. The summed E-state index contributed by atoms with van der Waals surface area (Å²) < 4.78 is 33.9. The summed E-state index contributed by atoms with van der Waals surface area (Å²) in [6.07, 6.45) is -3.45. The van der Waals surface area contributed by atoms with E-state index >= 15 is 0 Å². The van der Waals surface area contributed by atoms with Gasteiger partial charge in [0.05, 0.1) is 38.6 Å². The molecule has 3 aliphatic rings. The number of aliphatic hydroxyl groups excluding tert-OH is 11. The minimum Gasteiger partial charge on any atom is -0.394 e. The Labute approximate surface area is 371 Å². The minimum absolute atomic E-state index is 0.248. The number of unbranched alkanes of at least 4 members (excludes halogenated alkanes) is 10. The van der Waals surface area contributed by atoms with Gasteiger partial charge in [-0.05, 0) is 38.5 Å². The number of aliphatic hydroxyl groups is 11. The molecule has 0 aromatic rings. The van der Waals surface area contributed by atoms with E-state index in [1.165, 1.54) is 0 Å². The quantitative estimate of drug-likeness (QED) is 0.0325. The number of amides is 1. The van der Waals surface area contributed by atoms with E-state index in [0.717, 1.165) is 77.0 Å². The summed E-state index contributed by atoms with van der Waals surface area (Å²) in [5.41, 5.74) is 0. The predicted octanol–water partition coefficient (Wildman–Crippen LogP) is -0.309. The molecule has 12 N–H and O–H groups in total. The number of carbonyl (C=O) groups excluding carboxylic acids is 1. The molecule has 0 aromatic carbocycles. The first-order chi connectivity index (χ1) is 30.3. The molecular weight excluding hydrogens is 830 g/mol. The topological polar surface area (TPSA) is 307 Å². The summed E-state index contributed by atoms with van der Waals surface area (Å²) >= 11 is 0. The van der Waals surface area contributed by atoms with Crippen LogP contribution in [-0.2, 0) is 33.2 Å². The van der Waals surface area contributed by atoms with Gasteiger partial charge in [0.15, 0.2) is 18.9 Å². The molecule has 17 unspecified atom stereocenters. The summed E-state index contributed by atoms with van der Waals surface area (Å²) in [7, 11) is 0. The van der Waals surface area contributed by atoms with Crippen molar-refractivity contribution in [2.75, 3.05) is 26.4 Å². The van der Waals surface area contributed by atoms with Crippen LogP contribution in [-0.4, -0.2) is 193 Å². The molecule has 3 saturated heterocycles. The Morgan fingerprint density at radius 3 is 1.68 bits per heavy atom. The van der Waals surface area contributed by atoms with E-state index in [2.05, 4.69) is 43.5 Å². The van der Waals surface area contributed by atoms with Gasteiger partial charge < -0.3 is 89.9 Å². The smallest absolute Gasteiger partial charge is 0.220 e. The molecule has 19 heteroatoms. The Hall–Kier alpha value is -1.73. The monoisotopic (exact) mass is 910 g/mol. The van der Waals surface area contributed by atoms with Crippen molar-refractivity contribution in [3.8, 4) is 0 Å². The highest BCUT2D eigenvalue weighted by Gasteiger charge is 2.53. The molecule has 3 heterocycles. The Balaban J connectivity index is 1.55. The third-order valence-corrected chi connectivity index (χ3v) is 11.8. The SMILES string of the molecule is CCC/C=C\C/C=C\CCCCCCCC(=O)NC(COC1OC(CO)C(OC2OC(CO)C(OC3OC(CO)C(O)C(O)C3O)C(O)C2O)C(O)C1O)C(O)CCCCCCC. The van der Waals surface area contributed by atoms with Gasteiger partial charge in [0.25, 0.3) is 0 Å². The van der Waals surface area contributed by atoms with Crippen molar-refractivity contribution in [3.05, 3.63) is 24.3 Å². The van der Waals surface area contributed by atoms with Crippen LogP contribution in [0, 0.1) is 0 Å². The summed E-state index contributed by atoms with van der Waals surface area (Å²) in [6, 6.07) is -0.886. The van der Waals surface area contributed by atoms with Crippen molar-refractivity contribution in [3.63, 3.8) is 0 Å². The van der Waals surface area contributed by atoms with Crippen LogP contribution < -0.4 is 5.32 Å². The van der Waals surface area contributed by atoms with E-state index in [-0.39, 0.29) is 18.9 Å². The number of carbonyl (C=O) groups is 1. The molecule has 3 rings (SSSR count). The van der Waals surface area contributed by atoms with Crippen LogP contribution in [0.15, 0.2) is 24.3 Å². The standard InChI is InChI=1S/C44H79NO18/c1-3-5-7-9-10-11-12-13-14-15-16-18-20-22-32(50)45-27(28(49)21-19-17-8-6-4-2)26-58-42-38(56)35(53)40(30(24-47)60-42)63-44-39(57)36(54)41(31(25-48)61-44)62-43-37(55)34(52)33(51)29(23-46)59-43/h7,9,11-12,27-31,33-44,46-49,51-57H,3-6,8,10,13-26H2,1-2H3,(H,45,50)/b9-7-,12-11-. The number of ether oxygens (including phenoxy) is 6. The van der Waals surface area contributed by atoms with Crippen LogP contribution in [0.5, 0.6) is 0 Å². The average molecular weight is 910 g/mol. The van der Waals surface area contributed by atoms with Gasteiger partial charge in [-0.25, -0.2) is 0 Å². The Morgan fingerprint density at radius 1 is 0.571 bits per heavy atom. The summed E-state index contributed by atoms with van der Waals surface area (Å²) in [5, 5.41) is 119. The van der Waals surface area contributed by atoms with E-state index in [1.807, 2.05) is 0 Å². The third kappa shape index (κ3) is 17.8. The van der Waals surface area contributed by atoms with Gasteiger partial charge in [-0.3, -0.25) is 4.79 Å². The number of hydrogen-bond donors (Lipinski definition) is 12. The molecule has 0 radical (unpaired) electrons. The molecule has 3 aliphatic heterocycles. The largest absolute Gasteiger partial charge is 0.394 e. The van der Waals surface area contributed by atoms with Gasteiger partial charge in [-0.1, -0.05) is 95.9 Å². The Bertz CT molecular complexity index is 1280. The highest BCUT2D eigenvalue weighted by Crippen LogP contribution is 2.33. The zero-order chi connectivity index (χ0) is 46.3. The van der Waals surface area contributed by atoms with Gasteiger partial charge in [-0.15, -0.1) is 0 Å². The van der Waals surface area contributed by atoms with E-state index in [9.17, 15) is 61.0 Å². The van der Waals surface area contributed by atoms with Gasteiger partial charge in [0.1, 0.15) is 73.2 Å². The third-order valence-electron chi connectivity index (χ3n) is 11.8. The fourth-order valence-electron chi connectivity index (χ4n) is 7.82. The van der Waals surface area contributed by atoms with Gasteiger partial charge in [0.2, 0.25) is 5.91 Å². The van der Waals surface area contributed by atoms with Crippen LogP contribution in [0.4, 0.5) is 0 Å². The van der Waals surface area contributed by atoms with Crippen molar-refractivity contribution >= 4 is 5.91 Å². The lowest BCUT2D eigenvalue weighted by atomic mass is 9.96. The van der Waals surface area contributed by atoms with Crippen molar-refractivity contribution in [1.29, 1.82) is 0 Å². The first-order valence-corrected chi connectivity index (χ1v) is 23.1. The number of allylic oxidation sites excluding steroid dienone is 4. The first-order valence-electron chi connectivity index (χ1n) is 23.1. The predicted molar refractivity (Wildman–Crippen MR) is 226 cm³/mol. The fourth-order valence-corrected chi connectivity index (χ4v) is 7.82. The second kappa shape index (κ2) is 30.5. The molecule has 17 atom stereocenters. The molecule has 0 spiro atoms. The number of hydrogen-bond acceptors (Lipinski definition) is 18. The van der Waals surface area contributed by atoms with Crippen LogP contribution in [0.2, 0.25) is 0 Å². The highest BCUT2D eigenvalue weighted by molar-refractivity contribution is 5.76. The second-order valence-electron chi connectivity index (χ2n) is 16.9. The van der Waals surface area contributed by atoms with Gasteiger partial charge in [0, 0.05) is 6.42 Å². The van der Waals surface area contributed by atoms with Crippen LogP contribution >= 0.6 is 0 Å². The van der Waals surface area contributed by atoms with Crippen molar-refractivity contribution in [1.82, 2.24) is 5.32 Å². The minimum atomic E-state index is -1.97. The highest BCUT2D eigenvalue weighted by atomic mass is 16.8. The molecule has 1 amide bonds. The van der Waals surface area contributed by atoms with Crippen LogP contribution in [0.3, 0.4) is 0 Å². The molecule has 0 aliphatic carbocycles. The molecule has 0 aromatic heterocycles. The van der Waals surface area contributed by atoms with Gasteiger partial charge >= 0.3 is 0 Å². The first kappa shape index (κ1) is 55.6. The maximum atomic E-state index is 13.1. The molecule has 368 valence electrons. The summed E-state index contributed by atoms with van der Waals surface area (Å²) in [6.45, 7) is 1.54. The molecule has 3 fully saturated rings. The number of rotatable bonds is 30. The summed E-state index contributed by atoms with van der Waals surface area (Å²) in [4.78, 5) is 13.1. The molecule has 0 bridgehead atoms. The van der Waals surface area contributed by atoms with E-state index < -0.39 is 124 Å². The molecular formula is C44H79NO18. The van der Waals surface area contributed by atoms with Crippen LogP contribution in [0.1, 0.15) is 117 Å². The van der Waals surface area contributed by atoms with E-state index in [1.54, 1.807) is 0 Å². The zero-order valence-electron chi connectivity index (χ0n) is 37.0. The average Bonchev–Trinajstić information content (AvgIpc) is 3.28. The zero-order valence-corrected chi connectivity index (χ0v) is 37.0. The molecule has 63 heavy (non-hydrogen) atoms. The maximum absolute atomic E-state index is 13.1. The molecule has 0 saturated carbocycles. The number of nitrogens with one attached hydrogen (secondary N) is 1. The van der Waals surface area contributed by atoms with E-state index in [0.29, 0.717) is 19.3 Å².